The van der Waals surface area contributed by atoms with E-state index < -0.39 is 54.5 Å². The smallest absolute Gasteiger partial charge is 0.393 e. The van der Waals surface area contributed by atoms with Gasteiger partial charge in [-0.1, -0.05) is 13.0 Å². The van der Waals surface area contributed by atoms with Crippen molar-refractivity contribution < 1.29 is 41.3 Å². The van der Waals surface area contributed by atoms with Gasteiger partial charge in [0, 0.05) is 37.8 Å². The maximum absolute atomic E-state index is 16.7. The second-order valence-electron chi connectivity index (χ2n) is 12.9. The highest BCUT2D eigenvalue weighted by molar-refractivity contribution is 6.01. The lowest BCUT2D eigenvalue weighted by Gasteiger charge is -2.37. The topological polar surface area (TPSA) is 94.8 Å². The zero-order chi connectivity index (χ0) is 33.2. The fourth-order valence-electron chi connectivity index (χ4n) is 7.68. The number of nitrogens with zero attached hydrogens (tertiary/aromatic N) is 5. The normalized spacial score (nSPS) is 25.2. The molecule has 7 rings (SSSR count). The molecule has 3 aliphatic rings. The van der Waals surface area contributed by atoms with Crippen LogP contribution in [0.5, 0.6) is 11.8 Å². The molecule has 0 bridgehead atoms. The largest absolute Gasteiger partial charge is 0.508 e. The summed E-state index contributed by atoms with van der Waals surface area (Å²) in [6.45, 7) is 1.93. The van der Waals surface area contributed by atoms with Crippen molar-refractivity contribution in [3.8, 4) is 23.0 Å². The van der Waals surface area contributed by atoms with Crippen molar-refractivity contribution in [2.24, 2.45) is 5.92 Å². The van der Waals surface area contributed by atoms with Crippen LogP contribution in [0.3, 0.4) is 0 Å². The number of pyridine rings is 1. The highest BCUT2D eigenvalue weighted by atomic mass is 19.4. The molecule has 2 N–H and O–H groups in total. The number of phenols is 1. The van der Waals surface area contributed by atoms with Crippen LogP contribution >= 0.6 is 0 Å². The minimum Gasteiger partial charge on any atom is -0.508 e. The SMILES string of the molecule is CCc1c(F)ccc2cc(O)cc(-c3ncc4c(N5C[C@H](O)C[C@H](C(F)(F)F)C5)nc(OC[C@@]56CCCN5C[C@H](F)C6)nc4c3F)c12. The van der Waals surface area contributed by atoms with Crippen LogP contribution in [0.4, 0.5) is 32.2 Å². The van der Waals surface area contributed by atoms with Crippen molar-refractivity contribution in [1.82, 2.24) is 19.9 Å². The van der Waals surface area contributed by atoms with Gasteiger partial charge < -0.3 is 19.8 Å². The fourth-order valence-corrected chi connectivity index (χ4v) is 7.68. The van der Waals surface area contributed by atoms with E-state index in [4.69, 9.17) is 4.74 Å². The van der Waals surface area contributed by atoms with Crippen molar-refractivity contribution in [2.75, 3.05) is 37.7 Å². The Kier molecular flexibility index (Phi) is 7.85. The Bertz CT molecular complexity index is 1860. The summed E-state index contributed by atoms with van der Waals surface area (Å²) in [5.74, 6) is -3.68. The van der Waals surface area contributed by atoms with Gasteiger partial charge in [0.05, 0.1) is 22.9 Å². The van der Waals surface area contributed by atoms with Gasteiger partial charge >= 0.3 is 12.2 Å². The number of halogens is 6. The number of β-amino-alcohol motifs (C(OH)–C–C–N with tert-alkyl or cyclic N) is 1. The number of rotatable bonds is 6. The van der Waals surface area contributed by atoms with E-state index in [0.717, 1.165) is 6.42 Å². The molecule has 0 radical (unpaired) electrons. The number of aryl methyl sites for hydroxylation is 1. The lowest BCUT2D eigenvalue weighted by molar-refractivity contribution is -0.182. The zero-order valence-corrected chi connectivity index (χ0v) is 25.5. The Morgan fingerprint density at radius 3 is 2.68 bits per heavy atom. The number of aromatic hydroxyl groups is 1. The van der Waals surface area contributed by atoms with Gasteiger partial charge in [0.1, 0.15) is 41.4 Å². The van der Waals surface area contributed by atoms with E-state index in [0.29, 0.717) is 23.7 Å². The first kappa shape index (κ1) is 31.7. The van der Waals surface area contributed by atoms with E-state index in [2.05, 4.69) is 15.0 Å². The van der Waals surface area contributed by atoms with E-state index in [1.807, 2.05) is 4.90 Å². The summed E-state index contributed by atoms with van der Waals surface area (Å²) in [7, 11) is 0. The van der Waals surface area contributed by atoms with Crippen molar-refractivity contribution in [3.63, 3.8) is 0 Å². The molecule has 5 heterocycles. The van der Waals surface area contributed by atoms with Gasteiger partial charge in [0.2, 0.25) is 0 Å². The molecule has 47 heavy (non-hydrogen) atoms. The first-order valence-electron chi connectivity index (χ1n) is 15.7. The van der Waals surface area contributed by atoms with Gasteiger partial charge in [-0.15, -0.1) is 0 Å². The standard InChI is InChI=1S/C33H33F6N5O3/c1-2-22-25(35)5-4-17-8-20(45)10-23(26(17)22)28-27(36)29-24(12-40-28)30(43-13-18(33(37,38)39)9-21(46)15-43)42-31(41-29)47-16-32-6-3-7-44(32)14-19(34)11-32/h4-5,8,10,12,18-19,21,45-46H,2-3,6-7,9,11,13-16H2,1H3/t18-,19+,21+,32-/m0/s1. The zero-order valence-electron chi connectivity index (χ0n) is 25.5. The number of hydrogen-bond donors (Lipinski definition) is 2. The molecule has 4 aromatic rings. The lowest BCUT2D eigenvalue weighted by atomic mass is 9.94. The molecule has 2 aromatic heterocycles. The van der Waals surface area contributed by atoms with Gasteiger partial charge in [0.15, 0.2) is 5.82 Å². The average Bonchev–Trinajstić information content (AvgIpc) is 3.55. The molecule has 14 heteroatoms. The van der Waals surface area contributed by atoms with Gasteiger partial charge in [-0.25, -0.2) is 13.2 Å². The number of piperidine rings is 1. The Balaban J connectivity index is 1.38. The minimum absolute atomic E-state index is 0.0118. The Morgan fingerprint density at radius 1 is 1.11 bits per heavy atom. The number of aromatic nitrogens is 3. The molecule has 3 aliphatic heterocycles. The monoisotopic (exact) mass is 661 g/mol. The van der Waals surface area contributed by atoms with Crippen molar-refractivity contribution in [1.29, 1.82) is 0 Å². The summed E-state index contributed by atoms with van der Waals surface area (Å²) in [5, 5.41) is 21.7. The highest BCUT2D eigenvalue weighted by Crippen LogP contribution is 2.43. The van der Waals surface area contributed by atoms with Gasteiger partial charge in [0.25, 0.3) is 0 Å². The molecule has 250 valence electrons. The summed E-state index contributed by atoms with van der Waals surface area (Å²) in [6, 6.07) is 5.11. The van der Waals surface area contributed by atoms with Crippen LogP contribution in [0.15, 0.2) is 30.5 Å². The number of aliphatic hydroxyl groups excluding tert-OH is 1. The third-order valence-corrected chi connectivity index (χ3v) is 9.83. The van der Waals surface area contributed by atoms with Crippen molar-refractivity contribution >= 4 is 27.5 Å². The molecular weight excluding hydrogens is 628 g/mol. The minimum atomic E-state index is -4.60. The van der Waals surface area contributed by atoms with Crippen molar-refractivity contribution in [2.45, 2.75) is 63.0 Å². The molecule has 0 spiro atoms. The molecule has 0 amide bonds. The third-order valence-electron chi connectivity index (χ3n) is 9.83. The molecule has 3 fully saturated rings. The quantitative estimate of drug-likeness (QED) is 0.240. The number of fused-ring (bicyclic) bond motifs is 3. The molecule has 0 aliphatic carbocycles. The summed E-state index contributed by atoms with van der Waals surface area (Å²) in [4.78, 5) is 16.3. The molecular formula is C33H33F6N5O3. The summed E-state index contributed by atoms with van der Waals surface area (Å²) < 4.78 is 93.7. The van der Waals surface area contributed by atoms with E-state index in [-0.39, 0.29) is 77.8 Å². The van der Waals surface area contributed by atoms with E-state index >= 15 is 4.39 Å². The van der Waals surface area contributed by atoms with Crippen LogP contribution in [0.2, 0.25) is 0 Å². The van der Waals surface area contributed by atoms with Gasteiger partial charge in [-0.3, -0.25) is 9.88 Å². The predicted molar refractivity (Wildman–Crippen MR) is 162 cm³/mol. The molecule has 8 nitrogen and oxygen atoms in total. The summed E-state index contributed by atoms with van der Waals surface area (Å²) >= 11 is 0. The number of phenolic OH excluding ortho intramolecular Hbond substituents is 1. The van der Waals surface area contributed by atoms with Crippen LogP contribution in [0.1, 0.15) is 38.2 Å². The molecule has 3 saturated heterocycles. The molecule has 2 aromatic carbocycles. The first-order valence-corrected chi connectivity index (χ1v) is 15.7. The first-order chi connectivity index (χ1) is 22.4. The number of alkyl halides is 4. The molecule has 0 unspecified atom stereocenters. The second-order valence-corrected chi connectivity index (χ2v) is 12.9. The Hall–Kier alpha value is -3.91. The van der Waals surface area contributed by atoms with E-state index in [1.165, 1.54) is 35.4 Å². The van der Waals surface area contributed by atoms with E-state index in [9.17, 15) is 32.2 Å². The van der Waals surface area contributed by atoms with Gasteiger partial charge in [-0.2, -0.15) is 23.1 Å². The lowest BCUT2D eigenvalue weighted by Crippen LogP contribution is -2.48. The van der Waals surface area contributed by atoms with Crippen LogP contribution in [-0.4, -0.2) is 86.8 Å². The Labute approximate surface area is 266 Å². The number of benzene rings is 2. The molecule has 0 saturated carbocycles. The third kappa shape index (κ3) is 5.58. The average molecular weight is 662 g/mol. The maximum Gasteiger partial charge on any atom is 0.393 e. The van der Waals surface area contributed by atoms with Crippen LogP contribution < -0.4 is 9.64 Å². The number of anilines is 1. The van der Waals surface area contributed by atoms with Crippen LogP contribution in [-0.2, 0) is 6.42 Å². The van der Waals surface area contributed by atoms with Crippen LogP contribution in [0.25, 0.3) is 32.9 Å². The number of hydrogen-bond acceptors (Lipinski definition) is 8. The Morgan fingerprint density at radius 2 is 1.91 bits per heavy atom. The predicted octanol–water partition coefficient (Wildman–Crippen LogP) is 6.10. The summed E-state index contributed by atoms with van der Waals surface area (Å²) in [5.41, 5.74) is -0.805. The maximum atomic E-state index is 16.7. The van der Waals surface area contributed by atoms with E-state index in [1.54, 1.807) is 6.92 Å². The second kappa shape index (κ2) is 11.7. The number of aliphatic hydroxyl groups is 1. The number of ether oxygens (including phenoxy) is 1. The summed E-state index contributed by atoms with van der Waals surface area (Å²) in [6.07, 6.45) is -4.24. The fraction of sp³-hybridized carbons (Fsp3) is 0.485. The highest BCUT2D eigenvalue weighted by Gasteiger charge is 2.49. The van der Waals surface area contributed by atoms with Crippen LogP contribution in [0, 0.1) is 17.6 Å². The molecule has 4 atom stereocenters. The van der Waals surface area contributed by atoms with Crippen molar-refractivity contribution in [3.05, 3.63) is 47.7 Å². The van der Waals surface area contributed by atoms with Gasteiger partial charge in [-0.05, 0) is 66.8 Å².